The second-order valence-electron chi connectivity index (χ2n) is 7.62. The van der Waals surface area contributed by atoms with Gasteiger partial charge in [0.15, 0.2) is 5.82 Å². The van der Waals surface area contributed by atoms with Crippen LogP contribution in [0.2, 0.25) is 0 Å². The topological polar surface area (TPSA) is 105 Å². The molecule has 31 heavy (non-hydrogen) atoms. The summed E-state index contributed by atoms with van der Waals surface area (Å²) in [6.45, 7) is 4.62. The minimum absolute atomic E-state index is 0.192. The Kier molecular flexibility index (Phi) is 5.88. The molecule has 0 aliphatic carbocycles. The Hall–Kier alpha value is -3.04. The molecule has 1 N–H and O–H groups in total. The lowest BCUT2D eigenvalue weighted by molar-refractivity contribution is 0.102. The smallest absolute Gasteiger partial charge is 0.257 e. The molecule has 1 aliphatic heterocycles. The number of nitrogens with zero attached hydrogens (tertiary/aromatic N) is 3. The number of benzene rings is 2. The molecule has 9 heteroatoms. The van der Waals surface area contributed by atoms with Crippen molar-refractivity contribution >= 4 is 21.6 Å². The molecule has 162 valence electrons. The van der Waals surface area contributed by atoms with Crippen molar-refractivity contribution in [1.29, 1.82) is 0 Å². The van der Waals surface area contributed by atoms with Crippen molar-refractivity contribution in [3.05, 3.63) is 59.4 Å². The maximum absolute atomic E-state index is 13.0. The quantitative estimate of drug-likeness (QED) is 0.647. The molecule has 1 aliphatic rings. The fraction of sp³-hybridized carbons (Fsp3) is 0.318. The molecule has 2 heterocycles. The normalized spacial score (nSPS) is 15.0. The summed E-state index contributed by atoms with van der Waals surface area (Å²) in [4.78, 5) is 17.1. The van der Waals surface area contributed by atoms with Gasteiger partial charge in [-0.05, 0) is 68.7 Å². The Bertz CT molecular complexity index is 1200. The molecule has 0 saturated carbocycles. The van der Waals surface area contributed by atoms with E-state index >= 15 is 0 Å². The molecule has 4 rings (SSSR count). The highest BCUT2D eigenvalue weighted by molar-refractivity contribution is 7.89. The van der Waals surface area contributed by atoms with E-state index in [1.807, 2.05) is 6.92 Å². The van der Waals surface area contributed by atoms with Crippen molar-refractivity contribution in [1.82, 2.24) is 14.4 Å². The van der Waals surface area contributed by atoms with Crippen molar-refractivity contribution in [2.45, 2.75) is 38.0 Å². The summed E-state index contributed by atoms with van der Waals surface area (Å²) < 4.78 is 32.6. The predicted molar refractivity (Wildman–Crippen MR) is 116 cm³/mol. The van der Waals surface area contributed by atoms with Crippen LogP contribution in [-0.2, 0) is 10.0 Å². The van der Waals surface area contributed by atoms with Gasteiger partial charge in [-0.1, -0.05) is 17.6 Å². The molecule has 0 spiro atoms. The van der Waals surface area contributed by atoms with E-state index in [4.69, 9.17) is 4.52 Å². The third kappa shape index (κ3) is 4.52. The Morgan fingerprint density at radius 2 is 1.74 bits per heavy atom. The molecule has 1 fully saturated rings. The third-order valence-electron chi connectivity index (χ3n) is 5.33. The van der Waals surface area contributed by atoms with Gasteiger partial charge in [-0.15, -0.1) is 0 Å². The Morgan fingerprint density at radius 1 is 1.03 bits per heavy atom. The van der Waals surface area contributed by atoms with Gasteiger partial charge in [0.1, 0.15) is 0 Å². The first-order valence-electron chi connectivity index (χ1n) is 10.2. The maximum Gasteiger partial charge on any atom is 0.257 e. The fourth-order valence-electron chi connectivity index (χ4n) is 3.52. The van der Waals surface area contributed by atoms with Gasteiger partial charge < -0.3 is 9.84 Å². The van der Waals surface area contributed by atoms with Gasteiger partial charge in [-0.2, -0.15) is 9.29 Å². The number of anilines is 1. The van der Waals surface area contributed by atoms with E-state index in [9.17, 15) is 13.2 Å². The van der Waals surface area contributed by atoms with E-state index in [0.717, 1.165) is 24.8 Å². The summed E-state index contributed by atoms with van der Waals surface area (Å²) in [5, 5.41) is 6.59. The number of nitrogens with one attached hydrogen (secondary N) is 1. The molecule has 8 nitrogen and oxygen atoms in total. The van der Waals surface area contributed by atoms with E-state index in [1.54, 1.807) is 43.3 Å². The van der Waals surface area contributed by atoms with Crippen molar-refractivity contribution in [3.8, 4) is 11.5 Å². The lowest BCUT2D eigenvalue weighted by atomic mass is 10.1. The number of hydrogen-bond acceptors (Lipinski definition) is 6. The number of aryl methyl sites for hydroxylation is 2. The van der Waals surface area contributed by atoms with Crippen LogP contribution in [0.3, 0.4) is 0 Å². The summed E-state index contributed by atoms with van der Waals surface area (Å²) in [7, 11) is -3.58. The van der Waals surface area contributed by atoms with Gasteiger partial charge >= 0.3 is 0 Å². The van der Waals surface area contributed by atoms with E-state index in [0.29, 0.717) is 41.6 Å². The third-order valence-corrected chi connectivity index (χ3v) is 7.23. The molecule has 0 bridgehead atoms. The lowest BCUT2D eigenvalue weighted by Gasteiger charge is -2.26. The molecule has 1 aromatic heterocycles. The van der Waals surface area contributed by atoms with Crippen LogP contribution in [0.15, 0.2) is 51.9 Å². The number of carbonyl (C=O) groups excluding carboxylic acids is 1. The first kappa shape index (κ1) is 21.2. The molecule has 2 aromatic carbocycles. The van der Waals surface area contributed by atoms with E-state index in [-0.39, 0.29) is 10.8 Å². The summed E-state index contributed by atoms with van der Waals surface area (Å²) >= 11 is 0. The minimum Gasteiger partial charge on any atom is -0.334 e. The first-order chi connectivity index (χ1) is 14.8. The number of hydrogen-bond donors (Lipinski definition) is 1. The zero-order chi connectivity index (χ0) is 22.0. The Balaban J connectivity index is 1.53. The lowest BCUT2D eigenvalue weighted by Crippen LogP contribution is -2.35. The van der Waals surface area contributed by atoms with Crippen molar-refractivity contribution in [2.24, 2.45) is 0 Å². The van der Waals surface area contributed by atoms with E-state index in [1.165, 1.54) is 10.4 Å². The number of aromatic nitrogens is 2. The molecular formula is C22H24N4O4S. The molecule has 0 radical (unpaired) electrons. The van der Waals surface area contributed by atoms with Crippen LogP contribution in [0.1, 0.15) is 41.0 Å². The van der Waals surface area contributed by atoms with Crippen LogP contribution in [0.4, 0.5) is 5.69 Å². The first-order valence-corrected chi connectivity index (χ1v) is 11.6. The number of sulfonamides is 1. The van der Waals surface area contributed by atoms with Crippen LogP contribution < -0.4 is 5.32 Å². The van der Waals surface area contributed by atoms with Crippen molar-refractivity contribution in [2.75, 3.05) is 18.4 Å². The molecule has 0 atom stereocenters. The summed E-state index contributed by atoms with van der Waals surface area (Å²) in [6.07, 6.45) is 2.79. The average Bonchev–Trinajstić information content (AvgIpc) is 3.22. The van der Waals surface area contributed by atoms with Crippen LogP contribution in [0.5, 0.6) is 0 Å². The van der Waals surface area contributed by atoms with Crippen molar-refractivity contribution in [3.63, 3.8) is 0 Å². The van der Waals surface area contributed by atoms with Gasteiger partial charge in [-0.3, -0.25) is 4.79 Å². The standard InChI is InChI=1S/C22H24N4O4S/c1-15-6-11-19(31(28,29)26-12-4-3-5-13-26)14-20(15)24-21(27)17-7-9-18(10-8-17)22-23-16(2)25-30-22/h6-11,14H,3-5,12-13H2,1-2H3,(H,24,27). The van der Waals surface area contributed by atoms with E-state index < -0.39 is 10.0 Å². The fourth-order valence-corrected chi connectivity index (χ4v) is 5.07. The molecular weight excluding hydrogens is 416 g/mol. The van der Waals surface area contributed by atoms with Crippen LogP contribution in [0.25, 0.3) is 11.5 Å². The average molecular weight is 441 g/mol. The second kappa shape index (κ2) is 8.60. The number of piperidine rings is 1. The minimum atomic E-state index is -3.58. The summed E-state index contributed by atoms with van der Waals surface area (Å²) in [5.74, 6) is 0.589. The molecule has 0 unspecified atom stereocenters. The highest BCUT2D eigenvalue weighted by atomic mass is 32.2. The zero-order valence-corrected chi connectivity index (χ0v) is 18.3. The Labute approximate surface area is 181 Å². The monoisotopic (exact) mass is 440 g/mol. The number of amides is 1. The summed E-state index contributed by atoms with van der Waals surface area (Å²) in [5.41, 5.74) is 2.40. The largest absolute Gasteiger partial charge is 0.334 e. The van der Waals surface area contributed by atoms with Crippen LogP contribution >= 0.6 is 0 Å². The van der Waals surface area contributed by atoms with Crippen molar-refractivity contribution < 1.29 is 17.7 Å². The maximum atomic E-state index is 13.0. The van der Waals surface area contributed by atoms with Gasteiger partial charge in [0.05, 0.1) is 4.90 Å². The molecule has 1 saturated heterocycles. The molecule has 3 aromatic rings. The van der Waals surface area contributed by atoms with Gasteiger partial charge in [-0.25, -0.2) is 8.42 Å². The highest BCUT2D eigenvalue weighted by Gasteiger charge is 2.26. The number of carbonyl (C=O) groups is 1. The number of rotatable bonds is 5. The zero-order valence-electron chi connectivity index (χ0n) is 17.5. The summed E-state index contributed by atoms with van der Waals surface area (Å²) in [6, 6.07) is 11.6. The molecule has 1 amide bonds. The SMILES string of the molecule is Cc1noc(-c2ccc(C(=O)Nc3cc(S(=O)(=O)N4CCCCC4)ccc3C)cc2)n1. The predicted octanol–water partition coefficient (Wildman–Crippen LogP) is 3.78. The highest BCUT2D eigenvalue weighted by Crippen LogP contribution is 2.26. The van der Waals surface area contributed by atoms with Gasteiger partial charge in [0, 0.05) is 29.9 Å². The van der Waals surface area contributed by atoms with Gasteiger partial charge in [0.25, 0.3) is 11.8 Å². The van der Waals surface area contributed by atoms with Crippen LogP contribution in [-0.4, -0.2) is 41.9 Å². The second-order valence-corrected chi connectivity index (χ2v) is 9.56. The Morgan fingerprint density at radius 3 is 2.39 bits per heavy atom. The van der Waals surface area contributed by atoms with Gasteiger partial charge in [0.2, 0.25) is 10.0 Å². The van der Waals surface area contributed by atoms with Crippen LogP contribution in [0, 0.1) is 13.8 Å². The van der Waals surface area contributed by atoms with E-state index in [2.05, 4.69) is 15.5 Å².